The quantitative estimate of drug-likeness (QED) is 0.843. The largest absolute Gasteiger partial charge is 0.495 e. The van der Waals surface area contributed by atoms with Crippen molar-refractivity contribution in [2.45, 2.75) is 12.0 Å². The van der Waals surface area contributed by atoms with Gasteiger partial charge in [-0.25, -0.2) is 0 Å². The van der Waals surface area contributed by atoms with Crippen molar-refractivity contribution >= 4 is 17.5 Å². The van der Waals surface area contributed by atoms with Crippen molar-refractivity contribution in [3.63, 3.8) is 0 Å². The summed E-state index contributed by atoms with van der Waals surface area (Å²) in [6, 6.07) is 5.19. The van der Waals surface area contributed by atoms with Gasteiger partial charge in [0.25, 0.3) is 5.91 Å². The number of hydrogen-bond donors (Lipinski definition) is 0. The minimum absolute atomic E-state index is 0.0313. The normalized spacial score (nSPS) is 23.1. The van der Waals surface area contributed by atoms with Gasteiger partial charge < -0.3 is 14.4 Å². The van der Waals surface area contributed by atoms with Crippen LogP contribution < -0.4 is 4.74 Å². The molecule has 2 fully saturated rings. The molecular weight excluding hydrogens is 316 g/mol. The number of halogens is 1. The number of rotatable bonds is 4. The fraction of sp³-hybridized carbons (Fsp3) is 0.588. The van der Waals surface area contributed by atoms with Gasteiger partial charge in [-0.3, -0.25) is 9.69 Å². The van der Waals surface area contributed by atoms with E-state index in [1.54, 1.807) is 32.4 Å². The van der Waals surface area contributed by atoms with Crippen LogP contribution in [0.1, 0.15) is 16.8 Å². The van der Waals surface area contributed by atoms with Gasteiger partial charge >= 0.3 is 0 Å². The molecule has 0 N–H and O–H groups in total. The molecule has 1 aromatic carbocycles. The lowest BCUT2D eigenvalue weighted by Crippen LogP contribution is -2.68. The van der Waals surface area contributed by atoms with Crippen molar-refractivity contribution in [1.82, 2.24) is 9.80 Å². The first-order valence-corrected chi connectivity index (χ1v) is 8.20. The van der Waals surface area contributed by atoms with Crippen LogP contribution in [0, 0.1) is 5.92 Å². The Bertz CT molecular complexity index is 602. The molecule has 1 amide bonds. The zero-order chi connectivity index (χ0) is 16.6. The molecule has 0 aromatic heterocycles. The van der Waals surface area contributed by atoms with Gasteiger partial charge in [0.15, 0.2) is 0 Å². The summed E-state index contributed by atoms with van der Waals surface area (Å²) in [5, 5.41) is 0.465. The van der Waals surface area contributed by atoms with Gasteiger partial charge in [0.1, 0.15) is 5.75 Å². The molecule has 126 valence electrons. The van der Waals surface area contributed by atoms with Crippen molar-refractivity contribution in [2.75, 3.05) is 47.5 Å². The Labute approximate surface area is 142 Å². The van der Waals surface area contributed by atoms with Gasteiger partial charge in [0, 0.05) is 32.3 Å². The summed E-state index contributed by atoms with van der Waals surface area (Å²) < 4.78 is 10.4. The number of benzene rings is 1. The first-order valence-electron chi connectivity index (χ1n) is 7.82. The second-order valence-corrected chi connectivity index (χ2v) is 7.05. The highest BCUT2D eigenvalue weighted by Gasteiger charge is 2.53. The Hall–Kier alpha value is -1.30. The monoisotopic (exact) mass is 338 g/mol. The Balaban J connectivity index is 1.65. The number of carbonyl (C=O) groups is 1. The number of nitrogens with zero attached hydrogens (tertiary/aromatic N) is 2. The van der Waals surface area contributed by atoms with Gasteiger partial charge in [0.2, 0.25) is 0 Å². The lowest BCUT2D eigenvalue weighted by Gasteiger charge is -2.52. The van der Waals surface area contributed by atoms with Gasteiger partial charge in [-0.15, -0.1) is 0 Å². The molecule has 0 bridgehead atoms. The van der Waals surface area contributed by atoms with Crippen LogP contribution in [0.25, 0.3) is 0 Å². The van der Waals surface area contributed by atoms with Gasteiger partial charge in [-0.2, -0.15) is 0 Å². The van der Waals surface area contributed by atoms with E-state index in [2.05, 4.69) is 11.9 Å². The highest BCUT2D eigenvalue weighted by atomic mass is 35.5. The molecule has 1 atom stereocenters. The molecule has 1 aromatic rings. The van der Waals surface area contributed by atoms with Crippen molar-refractivity contribution < 1.29 is 14.3 Å². The van der Waals surface area contributed by atoms with E-state index in [9.17, 15) is 4.79 Å². The van der Waals surface area contributed by atoms with E-state index in [1.165, 1.54) is 0 Å². The van der Waals surface area contributed by atoms with Crippen LogP contribution in [0.3, 0.4) is 0 Å². The van der Waals surface area contributed by atoms with Crippen LogP contribution >= 0.6 is 11.6 Å². The highest BCUT2D eigenvalue weighted by Crippen LogP contribution is 2.40. The summed E-state index contributed by atoms with van der Waals surface area (Å²) in [5.41, 5.74) is 0.731. The molecule has 0 aliphatic carbocycles. The number of amides is 1. The minimum Gasteiger partial charge on any atom is -0.495 e. The summed E-state index contributed by atoms with van der Waals surface area (Å²) in [5.74, 6) is 1.17. The van der Waals surface area contributed by atoms with Crippen molar-refractivity contribution in [3.8, 4) is 5.75 Å². The molecule has 23 heavy (non-hydrogen) atoms. The maximum absolute atomic E-state index is 12.6. The van der Waals surface area contributed by atoms with Crippen molar-refractivity contribution in [1.29, 1.82) is 0 Å². The van der Waals surface area contributed by atoms with E-state index in [1.807, 2.05) is 4.90 Å². The summed E-state index contributed by atoms with van der Waals surface area (Å²) >= 11 is 6.12. The molecule has 2 aliphatic heterocycles. The second-order valence-electron chi connectivity index (χ2n) is 6.64. The van der Waals surface area contributed by atoms with Crippen LogP contribution in [0.5, 0.6) is 5.75 Å². The van der Waals surface area contributed by atoms with Crippen LogP contribution in [0.2, 0.25) is 5.02 Å². The maximum Gasteiger partial charge on any atom is 0.254 e. The average Bonchev–Trinajstić information content (AvgIpc) is 2.82. The number of carbonyl (C=O) groups excluding carboxylic acids is 1. The van der Waals surface area contributed by atoms with Crippen LogP contribution in [-0.2, 0) is 4.74 Å². The van der Waals surface area contributed by atoms with E-state index in [0.29, 0.717) is 22.3 Å². The molecule has 5 nitrogen and oxygen atoms in total. The third kappa shape index (κ3) is 2.93. The Morgan fingerprint density at radius 1 is 1.39 bits per heavy atom. The number of methoxy groups -OCH3 is 2. The molecule has 2 saturated heterocycles. The number of hydrogen-bond acceptors (Lipinski definition) is 4. The van der Waals surface area contributed by atoms with E-state index < -0.39 is 0 Å². The minimum atomic E-state index is 0.0313. The molecule has 2 aliphatic rings. The zero-order valence-corrected chi connectivity index (χ0v) is 14.6. The predicted molar refractivity (Wildman–Crippen MR) is 89.3 cm³/mol. The summed E-state index contributed by atoms with van der Waals surface area (Å²) in [4.78, 5) is 16.9. The Morgan fingerprint density at radius 3 is 2.74 bits per heavy atom. The fourth-order valence-corrected chi connectivity index (χ4v) is 4.10. The summed E-state index contributed by atoms with van der Waals surface area (Å²) in [6.45, 7) is 3.36. The first kappa shape index (κ1) is 16.6. The Kier molecular flexibility index (Phi) is 4.54. The molecule has 1 spiro atoms. The third-order valence-corrected chi connectivity index (χ3v) is 5.36. The van der Waals surface area contributed by atoms with Gasteiger partial charge in [-0.1, -0.05) is 11.6 Å². The van der Waals surface area contributed by atoms with Crippen LogP contribution in [0.15, 0.2) is 18.2 Å². The van der Waals surface area contributed by atoms with Crippen LogP contribution in [-0.4, -0.2) is 68.8 Å². The standard InChI is InChI=1S/C17H23ClN2O3/c1-19-8-12(9-22-2)7-17(19)10-20(11-17)16(21)13-4-5-15(23-3)14(18)6-13/h4-6,12H,7-11H2,1-3H3/t12-/m0/s1. The maximum atomic E-state index is 12.6. The SMILES string of the molecule is COC[C@@H]1CN(C)C2(C1)CN(C(=O)c1ccc(OC)c(Cl)c1)C2. The zero-order valence-electron chi connectivity index (χ0n) is 13.8. The second kappa shape index (κ2) is 6.30. The summed E-state index contributed by atoms with van der Waals surface area (Å²) in [6.07, 6.45) is 1.09. The van der Waals surface area contributed by atoms with Crippen molar-refractivity contribution in [3.05, 3.63) is 28.8 Å². The van der Waals surface area contributed by atoms with E-state index in [-0.39, 0.29) is 11.4 Å². The van der Waals surface area contributed by atoms with Gasteiger partial charge in [0.05, 0.1) is 24.3 Å². The molecule has 0 saturated carbocycles. The smallest absolute Gasteiger partial charge is 0.254 e. The molecule has 0 radical (unpaired) electrons. The molecule has 3 rings (SSSR count). The number of likely N-dealkylation sites (N-methyl/N-ethyl adjacent to an activating group) is 1. The van der Waals surface area contributed by atoms with Crippen molar-refractivity contribution in [2.24, 2.45) is 5.92 Å². The van der Waals surface area contributed by atoms with Gasteiger partial charge in [-0.05, 0) is 37.6 Å². The van der Waals surface area contributed by atoms with E-state index in [4.69, 9.17) is 21.1 Å². The van der Waals surface area contributed by atoms with E-state index >= 15 is 0 Å². The first-order chi connectivity index (χ1) is 11.0. The lowest BCUT2D eigenvalue weighted by molar-refractivity contribution is -0.00784. The number of likely N-dealkylation sites (tertiary alicyclic amines) is 2. The third-order valence-electron chi connectivity index (χ3n) is 5.07. The lowest BCUT2D eigenvalue weighted by atomic mass is 9.84. The van der Waals surface area contributed by atoms with Crippen LogP contribution in [0.4, 0.5) is 0 Å². The average molecular weight is 339 g/mol. The predicted octanol–water partition coefficient (Wildman–Crippen LogP) is 2.14. The Morgan fingerprint density at radius 2 is 2.13 bits per heavy atom. The molecule has 2 heterocycles. The number of ether oxygens (including phenoxy) is 2. The molecular formula is C17H23ClN2O3. The highest BCUT2D eigenvalue weighted by molar-refractivity contribution is 6.32. The summed E-state index contributed by atoms with van der Waals surface area (Å²) in [7, 11) is 5.45. The topological polar surface area (TPSA) is 42.0 Å². The van der Waals surface area contributed by atoms with E-state index in [0.717, 1.165) is 32.7 Å². The molecule has 0 unspecified atom stereocenters. The fourth-order valence-electron chi connectivity index (χ4n) is 3.85. The molecule has 6 heteroatoms.